The van der Waals surface area contributed by atoms with Gasteiger partial charge in [0.2, 0.25) is 0 Å². The van der Waals surface area contributed by atoms with Crippen molar-refractivity contribution in [3.05, 3.63) is 0 Å². The second-order valence-corrected chi connectivity index (χ2v) is 12.7. The van der Waals surface area contributed by atoms with E-state index in [9.17, 15) is 0 Å². The predicted octanol–water partition coefficient (Wildman–Crippen LogP) is 5.72. The molecule has 0 heterocycles. The van der Waals surface area contributed by atoms with Crippen molar-refractivity contribution in [2.45, 2.75) is 92.9 Å². The summed E-state index contributed by atoms with van der Waals surface area (Å²) >= 11 is 0. The van der Waals surface area contributed by atoms with Gasteiger partial charge in [0.25, 0.3) is 0 Å². The van der Waals surface area contributed by atoms with Crippen LogP contribution in [0.2, 0.25) is 0 Å². The van der Waals surface area contributed by atoms with Crippen molar-refractivity contribution in [3.63, 3.8) is 0 Å². The molecule has 6 unspecified atom stereocenters. The summed E-state index contributed by atoms with van der Waals surface area (Å²) in [6, 6.07) is 0. The summed E-state index contributed by atoms with van der Waals surface area (Å²) in [6.45, 7) is 26.8. The summed E-state index contributed by atoms with van der Waals surface area (Å²) in [6.07, 6.45) is 0. The van der Waals surface area contributed by atoms with E-state index in [0.29, 0.717) is 0 Å². The summed E-state index contributed by atoms with van der Waals surface area (Å²) in [7, 11) is 4.46. The Labute approximate surface area is 189 Å². The Bertz CT molecular complexity index is 113. The SMILES string of the molecule is C.C.CPC(C)C.CPC(C)C.CPC(C)C.CPC(C)C.[AsH3].[AsH3]. The molecule has 0 aliphatic rings. The van der Waals surface area contributed by atoms with Gasteiger partial charge in [0.1, 0.15) is 0 Å². The molecule has 0 saturated heterocycles. The summed E-state index contributed by atoms with van der Waals surface area (Å²) in [4.78, 5) is 0. The molecule has 0 amide bonds. The Kier molecular flexibility index (Phi) is 94.5. The first-order valence-corrected chi connectivity index (χ1v) is 14.1. The molecule has 6 atom stereocenters. The molecule has 0 aromatic carbocycles. The van der Waals surface area contributed by atoms with Gasteiger partial charge < -0.3 is 0 Å². The second kappa shape index (κ2) is 44.9. The van der Waals surface area contributed by atoms with Crippen LogP contribution in [0.25, 0.3) is 0 Å². The standard InChI is InChI=1S/4C4H11P.2CH4.2AsH3/c4*1-4(2)5-3;;;;/h4*4-5H,1-3H3;2*1H4;2*1H3. The Hall–Kier alpha value is 2.84. The van der Waals surface area contributed by atoms with Crippen molar-refractivity contribution < 1.29 is 0 Å². The van der Waals surface area contributed by atoms with Crippen LogP contribution >= 0.6 is 34.3 Å². The van der Waals surface area contributed by atoms with Gasteiger partial charge in [-0.1, -0.05) is 70.2 Å². The molecule has 0 fully saturated rings. The van der Waals surface area contributed by atoms with Crippen molar-refractivity contribution in [2.75, 3.05) is 26.7 Å². The van der Waals surface area contributed by atoms with E-state index in [-0.39, 0.29) is 50.8 Å². The number of hydrogen-bond donors (Lipinski definition) is 0. The monoisotopic (exact) mass is 548 g/mol. The maximum atomic E-state index is 2.23. The van der Waals surface area contributed by atoms with Crippen LogP contribution < -0.4 is 0 Å². The van der Waals surface area contributed by atoms with Gasteiger partial charge in [-0.25, -0.2) is 0 Å². The predicted molar refractivity (Wildman–Crippen MR) is 151 cm³/mol. The molecule has 0 radical (unpaired) electrons. The minimum absolute atomic E-state index is 0. The molecule has 0 spiro atoms. The first-order chi connectivity index (χ1) is 9.08. The topological polar surface area (TPSA) is 0 Å². The average Bonchev–Trinajstić information content (AvgIpc) is 2.40. The van der Waals surface area contributed by atoms with Crippen LogP contribution in [0.3, 0.4) is 0 Å². The summed E-state index contributed by atoms with van der Waals surface area (Å²) in [5.41, 5.74) is 3.65. The molecular formula is C18H58As2P4. The summed E-state index contributed by atoms with van der Waals surface area (Å²) in [5.74, 6) is 0. The van der Waals surface area contributed by atoms with Crippen molar-refractivity contribution >= 4 is 70.2 Å². The third-order valence-corrected chi connectivity index (χ3v) is 6.93. The van der Waals surface area contributed by atoms with Crippen molar-refractivity contribution in [2.24, 2.45) is 0 Å². The molecule has 0 rings (SSSR count). The van der Waals surface area contributed by atoms with Crippen LogP contribution in [-0.4, -0.2) is 85.2 Å². The molecule has 0 bridgehead atoms. The summed E-state index contributed by atoms with van der Waals surface area (Å²) in [5, 5.41) is 0. The fourth-order valence-electron chi connectivity index (χ4n) is 0. The molecule has 0 aromatic heterocycles. The van der Waals surface area contributed by atoms with Crippen LogP contribution in [0.5, 0.6) is 0 Å². The first-order valence-electron chi connectivity index (χ1n) is 7.77. The van der Waals surface area contributed by atoms with Crippen molar-refractivity contribution in [1.29, 1.82) is 0 Å². The Balaban J connectivity index is -0.0000000225. The van der Waals surface area contributed by atoms with E-state index in [4.69, 9.17) is 0 Å². The molecule has 0 N–H and O–H groups in total. The minimum atomic E-state index is 0. The normalized spacial score (nSPS) is 10.0. The number of rotatable bonds is 4. The van der Waals surface area contributed by atoms with Gasteiger partial charge in [-0.05, 0) is 49.3 Å². The molecular weight excluding hydrogens is 490 g/mol. The zero-order chi connectivity index (χ0) is 17.1. The molecule has 0 aromatic rings. The van der Waals surface area contributed by atoms with Crippen LogP contribution in [0.15, 0.2) is 0 Å². The van der Waals surface area contributed by atoms with E-state index in [1.165, 1.54) is 0 Å². The van der Waals surface area contributed by atoms with E-state index < -0.39 is 0 Å². The van der Waals surface area contributed by atoms with Gasteiger partial charge >= 0.3 is 35.9 Å². The molecule has 160 valence electrons. The Morgan fingerprint density at radius 3 is 0.417 bits per heavy atom. The van der Waals surface area contributed by atoms with E-state index in [1.54, 1.807) is 0 Å². The van der Waals surface area contributed by atoms with E-state index in [0.717, 1.165) is 57.0 Å². The number of hydrogen-bond acceptors (Lipinski definition) is 0. The van der Waals surface area contributed by atoms with Crippen LogP contribution in [0.4, 0.5) is 0 Å². The van der Waals surface area contributed by atoms with Crippen LogP contribution in [-0.2, 0) is 0 Å². The van der Waals surface area contributed by atoms with Crippen molar-refractivity contribution in [1.82, 2.24) is 0 Å². The molecule has 0 aliphatic carbocycles. The zero-order valence-electron chi connectivity index (χ0n) is 17.7. The van der Waals surface area contributed by atoms with Gasteiger partial charge in [0.05, 0.1) is 0 Å². The van der Waals surface area contributed by atoms with Crippen LogP contribution in [0, 0.1) is 0 Å². The Morgan fingerprint density at radius 2 is 0.417 bits per heavy atom. The maximum absolute atomic E-state index is 2.23. The zero-order valence-corrected chi connectivity index (χ0v) is 27.7. The fourth-order valence-corrected chi connectivity index (χ4v) is 0. The quantitative estimate of drug-likeness (QED) is 0.312. The first kappa shape index (κ1) is 50.5. The van der Waals surface area contributed by atoms with Gasteiger partial charge in [-0.15, -0.1) is 34.3 Å². The summed E-state index contributed by atoms with van der Waals surface area (Å²) < 4.78 is 0. The molecule has 0 saturated carbocycles. The second-order valence-electron chi connectivity index (χ2n) is 5.77. The average molecular weight is 548 g/mol. The van der Waals surface area contributed by atoms with Gasteiger partial charge in [-0.3, -0.25) is 0 Å². The molecule has 6 heteroatoms. The third-order valence-electron chi connectivity index (χ3n) is 2.31. The molecule has 0 nitrogen and oxygen atoms in total. The van der Waals surface area contributed by atoms with E-state index >= 15 is 0 Å². The van der Waals surface area contributed by atoms with E-state index in [2.05, 4.69) is 82.0 Å². The van der Waals surface area contributed by atoms with E-state index in [1.807, 2.05) is 0 Å². The van der Waals surface area contributed by atoms with Gasteiger partial charge in [0, 0.05) is 0 Å². The van der Waals surface area contributed by atoms with Crippen LogP contribution in [0.1, 0.15) is 70.2 Å². The van der Waals surface area contributed by atoms with Gasteiger partial charge in [0.15, 0.2) is 0 Å². The Morgan fingerprint density at radius 1 is 0.375 bits per heavy atom. The molecule has 0 aliphatic heterocycles. The molecule has 24 heavy (non-hydrogen) atoms. The third kappa shape index (κ3) is 120. The van der Waals surface area contributed by atoms with Gasteiger partial charge in [-0.2, -0.15) is 0 Å². The fraction of sp³-hybridized carbons (Fsp3) is 1.00. The van der Waals surface area contributed by atoms with Crippen molar-refractivity contribution in [3.8, 4) is 0 Å².